The van der Waals surface area contributed by atoms with Crippen LogP contribution in [0.3, 0.4) is 0 Å². The van der Waals surface area contributed by atoms with Gasteiger partial charge in [-0.3, -0.25) is 9.69 Å². The van der Waals surface area contributed by atoms with E-state index in [4.69, 9.17) is 0 Å². The molecule has 3 rings (SSSR count). The molecular weight excluding hydrogens is 362 g/mol. The van der Waals surface area contributed by atoms with Crippen molar-refractivity contribution < 1.29 is 4.79 Å². The van der Waals surface area contributed by atoms with Gasteiger partial charge in [0.25, 0.3) is 0 Å². The quantitative estimate of drug-likeness (QED) is 0.401. The first-order valence-corrected chi connectivity index (χ1v) is 11.1. The number of aliphatic imine (C=N–C) groups is 1. The zero-order valence-corrected chi connectivity index (χ0v) is 18.2. The number of hydrogen-bond acceptors (Lipinski definition) is 3. The molecule has 0 aliphatic carbocycles. The molecule has 0 radical (unpaired) electrons. The second-order valence-corrected chi connectivity index (χ2v) is 8.59. The number of piperidine rings is 1. The van der Waals surface area contributed by atoms with E-state index in [9.17, 15) is 4.79 Å². The zero-order chi connectivity index (χ0) is 20.6. The Labute approximate surface area is 175 Å². The van der Waals surface area contributed by atoms with Gasteiger partial charge in [-0.15, -0.1) is 0 Å². The standard InChI is InChI=1S/C23H37N5O/c1-4-5-13-24-23(25-16-22(29)27(2)3)26-19-14-20-11-12-21(15-19)28(20)17-18-9-7-6-8-10-18/h6-10,19-21H,4-5,11-17H2,1-3H3,(H2,24,25,26). The molecule has 2 unspecified atom stereocenters. The number of amides is 1. The fourth-order valence-electron chi connectivity index (χ4n) is 4.46. The van der Waals surface area contributed by atoms with Crippen LogP contribution in [-0.4, -0.2) is 67.0 Å². The number of unbranched alkanes of at least 4 members (excludes halogenated alkanes) is 1. The minimum Gasteiger partial charge on any atom is -0.356 e. The van der Waals surface area contributed by atoms with Crippen molar-refractivity contribution in [2.24, 2.45) is 4.99 Å². The lowest BCUT2D eigenvalue weighted by molar-refractivity contribution is -0.127. The van der Waals surface area contributed by atoms with Gasteiger partial charge < -0.3 is 15.5 Å². The number of likely N-dealkylation sites (N-methyl/N-ethyl adjacent to an activating group) is 1. The minimum atomic E-state index is 0.0272. The van der Waals surface area contributed by atoms with E-state index >= 15 is 0 Å². The molecule has 1 amide bonds. The summed E-state index contributed by atoms with van der Waals surface area (Å²) in [4.78, 5) is 20.8. The molecule has 6 nitrogen and oxygen atoms in total. The number of benzene rings is 1. The topological polar surface area (TPSA) is 60.0 Å². The summed E-state index contributed by atoms with van der Waals surface area (Å²) in [6.07, 6.45) is 7.08. The lowest BCUT2D eigenvalue weighted by Crippen LogP contribution is -2.52. The molecule has 0 aromatic heterocycles. The molecule has 2 heterocycles. The van der Waals surface area contributed by atoms with Crippen molar-refractivity contribution in [3.63, 3.8) is 0 Å². The molecule has 2 atom stereocenters. The van der Waals surface area contributed by atoms with Gasteiger partial charge in [-0.05, 0) is 37.7 Å². The molecule has 160 valence electrons. The first-order valence-electron chi connectivity index (χ1n) is 11.1. The first-order chi connectivity index (χ1) is 14.1. The van der Waals surface area contributed by atoms with Crippen molar-refractivity contribution in [2.75, 3.05) is 27.2 Å². The van der Waals surface area contributed by atoms with Gasteiger partial charge in [0.1, 0.15) is 6.54 Å². The Morgan fingerprint density at radius 2 is 1.86 bits per heavy atom. The lowest BCUT2D eigenvalue weighted by Gasteiger charge is -2.39. The van der Waals surface area contributed by atoms with Crippen LogP contribution in [0.5, 0.6) is 0 Å². The predicted octanol–water partition coefficient (Wildman–Crippen LogP) is 2.61. The third-order valence-electron chi connectivity index (χ3n) is 6.13. The van der Waals surface area contributed by atoms with Gasteiger partial charge in [-0.25, -0.2) is 4.99 Å². The summed E-state index contributed by atoms with van der Waals surface area (Å²) in [5.74, 6) is 0.814. The minimum absolute atomic E-state index is 0.0272. The first kappa shape index (κ1) is 21.6. The summed E-state index contributed by atoms with van der Waals surface area (Å²) in [5.41, 5.74) is 1.40. The van der Waals surface area contributed by atoms with Crippen LogP contribution in [0.25, 0.3) is 0 Å². The number of nitrogens with zero attached hydrogens (tertiary/aromatic N) is 3. The molecule has 2 fully saturated rings. The van der Waals surface area contributed by atoms with Gasteiger partial charge in [0.2, 0.25) is 5.91 Å². The van der Waals surface area contributed by atoms with Crippen LogP contribution in [0.15, 0.2) is 35.3 Å². The maximum atomic E-state index is 12.0. The number of rotatable bonds is 8. The summed E-state index contributed by atoms with van der Waals surface area (Å²) in [5, 5.41) is 7.05. The average Bonchev–Trinajstić information content (AvgIpc) is 2.95. The predicted molar refractivity (Wildman–Crippen MR) is 119 cm³/mol. The molecule has 2 saturated heterocycles. The van der Waals surface area contributed by atoms with Crippen molar-refractivity contribution >= 4 is 11.9 Å². The maximum absolute atomic E-state index is 12.0. The lowest BCUT2D eigenvalue weighted by atomic mass is 9.96. The number of guanidine groups is 1. The van der Waals surface area contributed by atoms with Crippen molar-refractivity contribution in [2.45, 2.75) is 70.1 Å². The highest BCUT2D eigenvalue weighted by atomic mass is 16.2. The highest BCUT2D eigenvalue weighted by molar-refractivity contribution is 5.84. The van der Waals surface area contributed by atoms with Gasteiger partial charge in [0.15, 0.2) is 5.96 Å². The van der Waals surface area contributed by atoms with Gasteiger partial charge in [0, 0.05) is 45.3 Å². The Bertz CT molecular complexity index is 661. The van der Waals surface area contributed by atoms with E-state index in [0.717, 1.165) is 44.7 Å². The highest BCUT2D eigenvalue weighted by Crippen LogP contribution is 2.36. The van der Waals surface area contributed by atoms with Crippen molar-refractivity contribution in [3.05, 3.63) is 35.9 Å². The van der Waals surface area contributed by atoms with Crippen LogP contribution < -0.4 is 10.6 Å². The van der Waals surface area contributed by atoms with Gasteiger partial charge in [-0.1, -0.05) is 43.7 Å². The Morgan fingerprint density at radius 1 is 1.17 bits per heavy atom. The zero-order valence-electron chi connectivity index (χ0n) is 18.2. The van der Waals surface area contributed by atoms with Crippen molar-refractivity contribution in [1.82, 2.24) is 20.4 Å². The van der Waals surface area contributed by atoms with E-state index in [2.05, 4.69) is 57.8 Å². The maximum Gasteiger partial charge on any atom is 0.243 e. The van der Waals surface area contributed by atoms with E-state index in [1.54, 1.807) is 19.0 Å². The second kappa shape index (κ2) is 10.6. The van der Waals surface area contributed by atoms with Gasteiger partial charge in [0.05, 0.1) is 0 Å². The fourth-order valence-corrected chi connectivity index (χ4v) is 4.46. The van der Waals surface area contributed by atoms with Crippen molar-refractivity contribution in [1.29, 1.82) is 0 Å². The summed E-state index contributed by atoms with van der Waals surface area (Å²) < 4.78 is 0. The summed E-state index contributed by atoms with van der Waals surface area (Å²) >= 11 is 0. The molecule has 29 heavy (non-hydrogen) atoms. The molecule has 2 N–H and O–H groups in total. The van der Waals surface area contributed by atoms with E-state index < -0.39 is 0 Å². The van der Waals surface area contributed by atoms with Crippen LogP contribution in [0.4, 0.5) is 0 Å². The fraction of sp³-hybridized carbons (Fsp3) is 0.652. The SMILES string of the molecule is CCCCNC(=NCC(=O)N(C)C)NC1CC2CCC(C1)N2Cc1ccccc1. The highest BCUT2D eigenvalue weighted by Gasteiger charge is 2.40. The monoisotopic (exact) mass is 399 g/mol. The number of nitrogens with one attached hydrogen (secondary N) is 2. The van der Waals surface area contributed by atoms with E-state index in [-0.39, 0.29) is 12.5 Å². The number of carbonyl (C=O) groups excluding carboxylic acids is 1. The molecule has 0 saturated carbocycles. The van der Waals surface area contributed by atoms with Gasteiger partial charge in [-0.2, -0.15) is 0 Å². The summed E-state index contributed by atoms with van der Waals surface area (Å²) in [7, 11) is 3.55. The van der Waals surface area contributed by atoms with E-state index in [1.165, 1.54) is 18.4 Å². The van der Waals surface area contributed by atoms with E-state index in [0.29, 0.717) is 18.1 Å². The molecule has 0 spiro atoms. The van der Waals surface area contributed by atoms with Crippen LogP contribution in [0.2, 0.25) is 0 Å². The third-order valence-corrected chi connectivity index (χ3v) is 6.13. The molecule has 2 aliphatic heterocycles. The number of hydrogen-bond donors (Lipinski definition) is 2. The molecule has 2 bridgehead atoms. The van der Waals surface area contributed by atoms with Crippen LogP contribution in [-0.2, 0) is 11.3 Å². The van der Waals surface area contributed by atoms with Gasteiger partial charge >= 0.3 is 0 Å². The third kappa shape index (κ3) is 6.20. The Hall–Kier alpha value is -2.08. The van der Waals surface area contributed by atoms with Crippen molar-refractivity contribution in [3.8, 4) is 0 Å². The molecule has 2 aliphatic rings. The number of fused-ring (bicyclic) bond motifs is 2. The van der Waals surface area contributed by atoms with Crippen LogP contribution in [0, 0.1) is 0 Å². The van der Waals surface area contributed by atoms with Crippen LogP contribution in [0.1, 0.15) is 51.0 Å². The Morgan fingerprint density at radius 3 is 2.48 bits per heavy atom. The largest absolute Gasteiger partial charge is 0.356 e. The Kier molecular flexibility index (Phi) is 7.92. The average molecular weight is 400 g/mol. The summed E-state index contributed by atoms with van der Waals surface area (Å²) in [6, 6.07) is 12.5. The molecular formula is C23H37N5O. The van der Waals surface area contributed by atoms with E-state index in [1.807, 2.05) is 0 Å². The molecule has 1 aromatic carbocycles. The summed E-state index contributed by atoms with van der Waals surface area (Å²) in [6.45, 7) is 4.31. The molecule has 1 aromatic rings. The second-order valence-electron chi connectivity index (χ2n) is 8.59. The smallest absolute Gasteiger partial charge is 0.243 e. The van der Waals surface area contributed by atoms with Crippen LogP contribution >= 0.6 is 0 Å². The normalized spacial score (nSPS) is 24.4. The number of carbonyl (C=O) groups is 1. The molecule has 6 heteroatoms. The Balaban J connectivity index is 1.58.